The fourth-order valence-electron chi connectivity index (χ4n) is 2.59. The van der Waals surface area contributed by atoms with Crippen LogP contribution in [0.2, 0.25) is 5.02 Å². The van der Waals surface area contributed by atoms with Crippen LogP contribution in [0, 0.1) is 11.8 Å². The van der Waals surface area contributed by atoms with Gasteiger partial charge < -0.3 is 10.4 Å². The summed E-state index contributed by atoms with van der Waals surface area (Å²) in [5.41, 5.74) is 0.530. The van der Waals surface area contributed by atoms with Crippen molar-refractivity contribution in [3.8, 4) is 0 Å². The maximum atomic E-state index is 12.0. The molecule has 1 amide bonds. The number of benzene rings is 1. The van der Waals surface area contributed by atoms with Crippen LogP contribution in [0.1, 0.15) is 36.0 Å². The van der Waals surface area contributed by atoms with E-state index in [4.69, 9.17) is 16.7 Å². The second kappa shape index (κ2) is 7.27. The topological polar surface area (TPSA) is 66.4 Å². The Morgan fingerprint density at radius 3 is 2.52 bits per heavy atom. The van der Waals surface area contributed by atoms with Crippen LogP contribution in [0.3, 0.4) is 0 Å². The van der Waals surface area contributed by atoms with Crippen molar-refractivity contribution in [3.05, 3.63) is 33.3 Å². The van der Waals surface area contributed by atoms with E-state index in [2.05, 4.69) is 21.2 Å². The van der Waals surface area contributed by atoms with Gasteiger partial charge in [-0.3, -0.25) is 9.59 Å². The monoisotopic (exact) mass is 373 g/mol. The molecule has 0 heterocycles. The summed E-state index contributed by atoms with van der Waals surface area (Å²) in [5, 5.41) is 12.4. The smallest absolute Gasteiger partial charge is 0.306 e. The summed E-state index contributed by atoms with van der Waals surface area (Å²) >= 11 is 9.26. The second-order valence-corrected chi connectivity index (χ2v) is 6.66. The van der Waals surface area contributed by atoms with Crippen LogP contribution in [0.15, 0.2) is 22.7 Å². The third-order valence-corrected chi connectivity index (χ3v) is 5.16. The zero-order chi connectivity index (χ0) is 15.4. The van der Waals surface area contributed by atoms with Crippen LogP contribution in [0.4, 0.5) is 0 Å². The van der Waals surface area contributed by atoms with Crippen molar-refractivity contribution in [2.75, 3.05) is 6.54 Å². The number of nitrogens with one attached hydrogen (secondary N) is 1. The molecule has 0 bridgehead atoms. The maximum Gasteiger partial charge on any atom is 0.306 e. The molecule has 0 saturated heterocycles. The Morgan fingerprint density at radius 2 is 1.95 bits per heavy atom. The van der Waals surface area contributed by atoms with Gasteiger partial charge in [-0.2, -0.15) is 0 Å². The molecule has 1 aliphatic rings. The summed E-state index contributed by atoms with van der Waals surface area (Å²) in [6, 6.07) is 5.09. The van der Waals surface area contributed by atoms with Crippen molar-refractivity contribution >= 4 is 39.4 Å². The average Bonchev–Trinajstić information content (AvgIpc) is 2.48. The predicted octanol–water partition coefficient (Wildman–Crippen LogP) is 3.72. The molecule has 0 aliphatic heterocycles. The van der Waals surface area contributed by atoms with E-state index in [0.29, 0.717) is 35.9 Å². The lowest BCUT2D eigenvalue weighted by Gasteiger charge is -2.26. The van der Waals surface area contributed by atoms with Crippen LogP contribution >= 0.6 is 27.5 Å². The summed E-state index contributed by atoms with van der Waals surface area (Å²) in [6.45, 7) is 0.582. The molecule has 0 atom stereocenters. The minimum atomic E-state index is -0.706. The summed E-state index contributed by atoms with van der Waals surface area (Å²) in [6.07, 6.45) is 3.08. The normalized spacial score (nSPS) is 21.8. The lowest BCUT2D eigenvalue weighted by atomic mass is 9.82. The summed E-state index contributed by atoms with van der Waals surface area (Å²) in [5.74, 6) is -0.718. The Bertz CT molecular complexity index is 542. The van der Waals surface area contributed by atoms with Crippen molar-refractivity contribution in [1.82, 2.24) is 5.32 Å². The fraction of sp³-hybridized carbons (Fsp3) is 0.467. The maximum absolute atomic E-state index is 12.0. The lowest BCUT2D eigenvalue weighted by Crippen LogP contribution is -2.32. The van der Waals surface area contributed by atoms with Gasteiger partial charge in [-0.1, -0.05) is 11.6 Å². The molecule has 0 aromatic heterocycles. The van der Waals surface area contributed by atoms with Crippen LogP contribution in [-0.2, 0) is 4.79 Å². The Kier molecular flexibility index (Phi) is 5.65. The molecule has 0 spiro atoms. The average molecular weight is 375 g/mol. The molecular formula is C15H17BrClNO3. The van der Waals surface area contributed by atoms with E-state index >= 15 is 0 Å². The van der Waals surface area contributed by atoms with Gasteiger partial charge in [0.2, 0.25) is 0 Å². The van der Waals surface area contributed by atoms with Gasteiger partial charge in [0, 0.05) is 16.6 Å². The number of halogens is 2. The number of hydrogen-bond donors (Lipinski definition) is 2. The van der Waals surface area contributed by atoms with Gasteiger partial charge in [0.1, 0.15) is 0 Å². The first-order chi connectivity index (χ1) is 9.97. The molecular weight excluding hydrogens is 358 g/mol. The van der Waals surface area contributed by atoms with Crippen molar-refractivity contribution in [2.45, 2.75) is 25.7 Å². The van der Waals surface area contributed by atoms with Gasteiger partial charge in [-0.15, -0.1) is 0 Å². The molecule has 1 aromatic carbocycles. The molecule has 6 heteroatoms. The van der Waals surface area contributed by atoms with E-state index < -0.39 is 5.97 Å². The van der Waals surface area contributed by atoms with Gasteiger partial charge in [0.25, 0.3) is 5.91 Å². The lowest BCUT2D eigenvalue weighted by molar-refractivity contribution is -0.143. The molecule has 21 heavy (non-hydrogen) atoms. The van der Waals surface area contributed by atoms with Gasteiger partial charge in [0.05, 0.1) is 10.9 Å². The number of carboxylic acids is 1. The molecule has 0 radical (unpaired) electrons. The molecule has 1 saturated carbocycles. The number of aliphatic carboxylic acids is 1. The third kappa shape index (κ3) is 4.45. The fourth-order valence-corrected chi connectivity index (χ4v) is 3.02. The van der Waals surface area contributed by atoms with E-state index in [0.717, 1.165) is 17.3 Å². The van der Waals surface area contributed by atoms with E-state index in [1.807, 2.05) is 0 Å². The van der Waals surface area contributed by atoms with Gasteiger partial charge in [-0.25, -0.2) is 0 Å². The van der Waals surface area contributed by atoms with Gasteiger partial charge in [0.15, 0.2) is 0 Å². The summed E-state index contributed by atoms with van der Waals surface area (Å²) < 4.78 is 0.757. The van der Waals surface area contributed by atoms with Gasteiger partial charge >= 0.3 is 5.97 Å². The summed E-state index contributed by atoms with van der Waals surface area (Å²) in [7, 11) is 0. The highest BCUT2D eigenvalue weighted by Crippen LogP contribution is 2.28. The highest BCUT2D eigenvalue weighted by Gasteiger charge is 2.26. The third-order valence-electron chi connectivity index (χ3n) is 3.93. The standard InChI is InChI=1S/C15H17BrClNO3/c16-12-6-5-11(7-13(12)17)14(19)18-8-9-1-3-10(4-2-9)15(20)21/h5-7,9-10H,1-4,8H2,(H,18,19)(H,20,21). The molecule has 0 unspecified atom stereocenters. The van der Waals surface area contributed by atoms with Crippen LogP contribution in [0.25, 0.3) is 0 Å². The molecule has 4 nitrogen and oxygen atoms in total. The molecule has 2 rings (SSSR count). The minimum absolute atomic E-state index is 0.148. The van der Waals surface area contributed by atoms with Crippen molar-refractivity contribution in [3.63, 3.8) is 0 Å². The molecule has 1 aliphatic carbocycles. The Labute approximate surface area is 137 Å². The van der Waals surface area contributed by atoms with Gasteiger partial charge in [-0.05, 0) is 65.7 Å². The highest BCUT2D eigenvalue weighted by atomic mass is 79.9. The number of hydrogen-bond acceptors (Lipinski definition) is 2. The SMILES string of the molecule is O=C(NCC1CCC(C(=O)O)CC1)c1ccc(Br)c(Cl)c1. The number of carboxylic acid groups (broad SMARTS) is 1. The Balaban J connectivity index is 1.82. The zero-order valence-electron chi connectivity index (χ0n) is 11.4. The zero-order valence-corrected chi connectivity index (χ0v) is 13.8. The van der Waals surface area contributed by atoms with E-state index in [-0.39, 0.29) is 11.8 Å². The largest absolute Gasteiger partial charge is 0.481 e. The van der Waals surface area contributed by atoms with Crippen LogP contribution in [-0.4, -0.2) is 23.5 Å². The van der Waals surface area contributed by atoms with Crippen LogP contribution < -0.4 is 5.32 Å². The molecule has 2 N–H and O–H groups in total. The van der Waals surface area contributed by atoms with E-state index in [1.165, 1.54) is 0 Å². The number of carbonyl (C=O) groups is 2. The molecule has 1 aromatic rings. The first kappa shape index (κ1) is 16.3. The number of amides is 1. The second-order valence-electron chi connectivity index (χ2n) is 5.39. The Hall–Kier alpha value is -1.07. The quantitative estimate of drug-likeness (QED) is 0.844. The number of rotatable bonds is 4. The molecule has 114 valence electrons. The Morgan fingerprint density at radius 1 is 1.29 bits per heavy atom. The van der Waals surface area contributed by atoms with Crippen molar-refractivity contribution in [2.24, 2.45) is 11.8 Å². The molecule has 1 fully saturated rings. The highest BCUT2D eigenvalue weighted by molar-refractivity contribution is 9.10. The first-order valence-corrected chi connectivity index (χ1v) is 8.10. The number of carbonyl (C=O) groups excluding carboxylic acids is 1. The van der Waals surface area contributed by atoms with E-state index in [9.17, 15) is 9.59 Å². The van der Waals surface area contributed by atoms with Crippen molar-refractivity contribution < 1.29 is 14.7 Å². The first-order valence-electron chi connectivity index (χ1n) is 6.93. The van der Waals surface area contributed by atoms with Crippen molar-refractivity contribution in [1.29, 1.82) is 0 Å². The van der Waals surface area contributed by atoms with E-state index in [1.54, 1.807) is 18.2 Å². The minimum Gasteiger partial charge on any atom is -0.481 e. The van der Waals surface area contributed by atoms with Crippen LogP contribution in [0.5, 0.6) is 0 Å². The summed E-state index contributed by atoms with van der Waals surface area (Å²) in [4.78, 5) is 22.9. The predicted molar refractivity (Wildman–Crippen MR) is 84.6 cm³/mol.